The molecule has 2 rings (SSSR count). The predicted molar refractivity (Wildman–Crippen MR) is 74.5 cm³/mol. The summed E-state index contributed by atoms with van der Waals surface area (Å²) in [6.45, 7) is 0. The lowest BCUT2D eigenvalue weighted by molar-refractivity contribution is 0.0696. The highest BCUT2D eigenvalue weighted by molar-refractivity contribution is 6.31. The highest BCUT2D eigenvalue weighted by atomic mass is 35.5. The summed E-state index contributed by atoms with van der Waals surface area (Å²) in [7, 11) is 0. The number of anilines is 1. The molecule has 6 heteroatoms. The quantitative estimate of drug-likeness (QED) is 0.759. The van der Waals surface area contributed by atoms with Gasteiger partial charge in [-0.05, 0) is 36.4 Å². The van der Waals surface area contributed by atoms with E-state index in [4.69, 9.17) is 16.7 Å². The van der Waals surface area contributed by atoms with Crippen LogP contribution in [0.2, 0.25) is 5.02 Å². The van der Waals surface area contributed by atoms with Gasteiger partial charge in [0.25, 0.3) is 5.91 Å². The second-order valence-electron chi connectivity index (χ2n) is 4.00. The highest BCUT2D eigenvalue weighted by Crippen LogP contribution is 2.25. The minimum Gasteiger partial charge on any atom is -0.506 e. The van der Waals surface area contributed by atoms with Gasteiger partial charge >= 0.3 is 5.97 Å². The molecule has 2 aromatic rings. The Morgan fingerprint density at radius 3 is 2.45 bits per heavy atom. The van der Waals surface area contributed by atoms with E-state index in [-0.39, 0.29) is 17.0 Å². The summed E-state index contributed by atoms with van der Waals surface area (Å²) in [6, 6.07) is 9.89. The lowest BCUT2D eigenvalue weighted by atomic mass is 10.1. The van der Waals surface area contributed by atoms with Crippen molar-refractivity contribution in [1.82, 2.24) is 0 Å². The van der Waals surface area contributed by atoms with Crippen LogP contribution < -0.4 is 5.32 Å². The Kier molecular flexibility index (Phi) is 3.91. The van der Waals surface area contributed by atoms with Gasteiger partial charge in [0.15, 0.2) is 0 Å². The zero-order chi connectivity index (χ0) is 14.7. The van der Waals surface area contributed by atoms with E-state index in [0.29, 0.717) is 10.6 Å². The maximum atomic E-state index is 12.0. The van der Waals surface area contributed by atoms with E-state index in [1.807, 2.05) is 0 Å². The Morgan fingerprint density at radius 2 is 1.80 bits per heavy atom. The van der Waals surface area contributed by atoms with Crippen molar-refractivity contribution in [1.29, 1.82) is 0 Å². The first-order valence-electron chi connectivity index (χ1n) is 5.60. The number of phenols is 1. The maximum Gasteiger partial charge on any atom is 0.335 e. The third-order valence-corrected chi connectivity index (χ3v) is 2.81. The lowest BCUT2D eigenvalue weighted by Crippen LogP contribution is -2.12. The third-order valence-electron chi connectivity index (χ3n) is 2.58. The van der Waals surface area contributed by atoms with Crippen LogP contribution in [-0.2, 0) is 0 Å². The fourth-order valence-electron chi connectivity index (χ4n) is 1.59. The summed E-state index contributed by atoms with van der Waals surface area (Å²) >= 11 is 5.78. The van der Waals surface area contributed by atoms with Gasteiger partial charge < -0.3 is 15.5 Å². The van der Waals surface area contributed by atoms with Gasteiger partial charge in [-0.3, -0.25) is 4.79 Å². The molecule has 0 bridgehead atoms. The number of hydrogen-bond acceptors (Lipinski definition) is 3. The summed E-state index contributed by atoms with van der Waals surface area (Å²) in [6.07, 6.45) is 0. The normalized spacial score (nSPS) is 10.1. The van der Waals surface area contributed by atoms with Crippen molar-refractivity contribution in [3.63, 3.8) is 0 Å². The van der Waals surface area contributed by atoms with Crippen LogP contribution in [0, 0.1) is 0 Å². The molecule has 0 unspecified atom stereocenters. The number of aromatic hydroxyl groups is 1. The van der Waals surface area contributed by atoms with Gasteiger partial charge in [-0.15, -0.1) is 0 Å². The molecular formula is C14H10ClNO4. The first-order valence-corrected chi connectivity index (χ1v) is 5.98. The maximum absolute atomic E-state index is 12.0. The number of phenolic OH excluding ortho intramolecular Hbond substituents is 1. The Morgan fingerprint density at radius 1 is 1.05 bits per heavy atom. The van der Waals surface area contributed by atoms with Gasteiger partial charge in [0, 0.05) is 10.6 Å². The average Bonchev–Trinajstić information content (AvgIpc) is 2.41. The van der Waals surface area contributed by atoms with Crippen molar-refractivity contribution in [3.05, 3.63) is 58.6 Å². The topological polar surface area (TPSA) is 86.6 Å². The summed E-state index contributed by atoms with van der Waals surface area (Å²) in [5.41, 5.74) is 0.289. The number of rotatable bonds is 3. The smallest absolute Gasteiger partial charge is 0.335 e. The van der Waals surface area contributed by atoms with Crippen LogP contribution in [0.25, 0.3) is 0 Å². The largest absolute Gasteiger partial charge is 0.506 e. The monoisotopic (exact) mass is 291 g/mol. The SMILES string of the molecule is O=C(O)c1ccc(O)c(NC(=O)c2cccc(Cl)c2)c1. The zero-order valence-corrected chi connectivity index (χ0v) is 10.9. The Bertz CT molecular complexity index is 685. The van der Waals surface area contributed by atoms with Gasteiger partial charge in [0.2, 0.25) is 0 Å². The molecule has 0 heterocycles. The van der Waals surface area contributed by atoms with Gasteiger partial charge in [-0.1, -0.05) is 17.7 Å². The van der Waals surface area contributed by atoms with E-state index in [9.17, 15) is 14.7 Å². The van der Waals surface area contributed by atoms with E-state index in [1.54, 1.807) is 18.2 Å². The number of aromatic carboxylic acids is 1. The average molecular weight is 292 g/mol. The molecule has 0 spiro atoms. The molecule has 1 amide bonds. The number of carboxylic acid groups (broad SMARTS) is 1. The molecule has 0 atom stereocenters. The van der Waals surface area contributed by atoms with Crippen molar-refractivity contribution >= 4 is 29.2 Å². The molecule has 0 saturated carbocycles. The molecular weight excluding hydrogens is 282 g/mol. The zero-order valence-electron chi connectivity index (χ0n) is 10.1. The molecule has 0 aromatic heterocycles. The number of nitrogens with one attached hydrogen (secondary N) is 1. The first-order chi connectivity index (χ1) is 9.47. The Balaban J connectivity index is 2.27. The molecule has 0 aliphatic heterocycles. The van der Waals surface area contributed by atoms with Crippen LogP contribution in [0.4, 0.5) is 5.69 Å². The van der Waals surface area contributed by atoms with Crippen LogP contribution in [0.15, 0.2) is 42.5 Å². The highest BCUT2D eigenvalue weighted by Gasteiger charge is 2.12. The van der Waals surface area contributed by atoms with Gasteiger partial charge in [0.05, 0.1) is 11.3 Å². The molecule has 102 valence electrons. The molecule has 20 heavy (non-hydrogen) atoms. The molecule has 0 aliphatic rings. The fourth-order valence-corrected chi connectivity index (χ4v) is 1.78. The van der Waals surface area contributed by atoms with E-state index >= 15 is 0 Å². The number of carboxylic acids is 1. The van der Waals surface area contributed by atoms with Crippen LogP contribution in [-0.4, -0.2) is 22.1 Å². The lowest BCUT2D eigenvalue weighted by Gasteiger charge is -2.08. The second-order valence-corrected chi connectivity index (χ2v) is 4.44. The van der Waals surface area contributed by atoms with E-state index in [1.165, 1.54) is 24.3 Å². The van der Waals surface area contributed by atoms with Gasteiger partial charge in [-0.25, -0.2) is 4.79 Å². The Hall–Kier alpha value is -2.53. The number of halogens is 1. The predicted octanol–water partition coefficient (Wildman–Crippen LogP) is 3.00. The minimum absolute atomic E-state index is 0.0230. The number of hydrogen-bond donors (Lipinski definition) is 3. The minimum atomic E-state index is -1.15. The molecule has 5 nitrogen and oxygen atoms in total. The van der Waals surface area contributed by atoms with Crippen molar-refractivity contribution in [3.8, 4) is 5.75 Å². The number of carbonyl (C=O) groups is 2. The van der Waals surface area contributed by atoms with Crippen LogP contribution in [0.3, 0.4) is 0 Å². The van der Waals surface area contributed by atoms with Crippen molar-refractivity contribution < 1.29 is 19.8 Å². The van der Waals surface area contributed by atoms with E-state index in [2.05, 4.69) is 5.32 Å². The van der Waals surface area contributed by atoms with Gasteiger partial charge in [-0.2, -0.15) is 0 Å². The molecule has 0 radical (unpaired) electrons. The Labute approximate surface area is 119 Å². The van der Waals surface area contributed by atoms with Crippen LogP contribution in [0.1, 0.15) is 20.7 Å². The molecule has 0 saturated heterocycles. The summed E-state index contributed by atoms with van der Waals surface area (Å²) < 4.78 is 0. The molecule has 0 aliphatic carbocycles. The number of carbonyl (C=O) groups excluding carboxylic acids is 1. The van der Waals surface area contributed by atoms with Gasteiger partial charge in [0.1, 0.15) is 5.75 Å². The molecule has 2 aromatic carbocycles. The van der Waals surface area contributed by atoms with E-state index < -0.39 is 11.9 Å². The molecule has 3 N–H and O–H groups in total. The second kappa shape index (κ2) is 5.63. The van der Waals surface area contributed by atoms with Crippen molar-refractivity contribution in [2.45, 2.75) is 0 Å². The third kappa shape index (κ3) is 3.07. The van der Waals surface area contributed by atoms with E-state index in [0.717, 1.165) is 0 Å². The number of benzene rings is 2. The molecule has 0 fully saturated rings. The fraction of sp³-hybridized carbons (Fsp3) is 0. The van der Waals surface area contributed by atoms with Crippen molar-refractivity contribution in [2.75, 3.05) is 5.32 Å². The first kappa shape index (κ1) is 13.9. The standard InChI is InChI=1S/C14H10ClNO4/c15-10-3-1-2-8(6-10)13(18)16-11-7-9(14(19)20)4-5-12(11)17/h1-7,17H,(H,16,18)(H,19,20). The summed E-state index contributed by atoms with van der Waals surface area (Å²) in [5, 5.41) is 21.4. The summed E-state index contributed by atoms with van der Waals surface area (Å²) in [4.78, 5) is 22.8. The van der Waals surface area contributed by atoms with Crippen LogP contribution >= 0.6 is 11.6 Å². The van der Waals surface area contributed by atoms with Crippen molar-refractivity contribution in [2.24, 2.45) is 0 Å². The van der Waals surface area contributed by atoms with Crippen LogP contribution in [0.5, 0.6) is 5.75 Å². The number of amides is 1. The summed E-state index contributed by atoms with van der Waals surface area (Å²) in [5.74, 6) is -1.86.